The quantitative estimate of drug-likeness (QED) is 0.491. The molecule has 0 aromatic heterocycles. The van der Waals surface area contributed by atoms with Crippen molar-refractivity contribution in [3.05, 3.63) is 35.4 Å². The molecule has 2 amide bonds. The van der Waals surface area contributed by atoms with E-state index in [0.29, 0.717) is 17.7 Å². The highest BCUT2D eigenvalue weighted by Crippen LogP contribution is 2.23. The van der Waals surface area contributed by atoms with Gasteiger partial charge in [0, 0.05) is 6.54 Å². The van der Waals surface area contributed by atoms with Crippen LogP contribution in [0.5, 0.6) is 0 Å². The van der Waals surface area contributed by atoms with E-state index in [-0.39, 0.29) is 11.8 Å². The van der Waals surface area contributed by atoms with E-state index in [1.54, 1.807) is 12.1 Å². The SMILES string of the molecule is CC(C)CCCCCCCCN1C(=O)c2ccccc2C1=O. The van der Waals surface area contributed by atoms with Gasteiger partial charge in [-0.2, -0.15) is 0 Å². The van der Waals surface area contributed by atoms with Gasteiger partial charge in [0.05, 0.1) is 11.1 Å². The van der Waals surface area contributed by atoms with Crippen molar-refractivity contribution in [3.63, 3.8) is 0 Å². The molecule has 3 nitrogen and oxygen atoms in total. The van der Waals surface area contributed by atoms with E-state index in [0.717, 1.165) is 18.8 Å². The predicted molar refractivity (Wildman–Crippen MR) is 89.0 cm³/mol. The maximum Gasteiger partial charge on any atom is 0.261 e. The first-order valence-electron chi connectivity index (χ1n) is 8.56. The Hall–Kier alpha value is -1.64. The molecule has 120 valence electrons. The van der Waals surface area contributed by atoms with Gasteiger partial charge in [0.15, 0.2) is 0 Å². The highest BCUT2D eigenvalue weighted by atomic mass is 16.2. The molecule has 1 aliphatic heterocycles. The minimum absolute atomic E-state index is 0.127. The van der Waals surface area contributed by atoms with E-state index < -0.39 is 0 Å². The van der Waals surface area contributed by atoms with Crippen LogP contribution in [0.4, 0.5) is 0 Å². The molecular weight excluding hydrogens is 274 g/mol. The predicted octanol–water partition coefficient (Wildman–Crippen LogP) is 4.67. The standard InChI is InChI=1S/C19H27NO2/c1-15(2)11-7-5-3-4-6-10-14-20-18(21)16-12-8-9-13-17(16)19(20)22/h8-9,12-13,15H,3-7,10-11,14H2,1-2H3. The number of rotatable bonds is 9. The first-order chi connectivity index (χ1) is 10.6. The molecule has 0 spiro atoms. The molecule has 0 aliphatic carbocycles. The molecule has 0 bridgehead atoms. The average Bonchev–Trinajstić information content (AvgIpc) is 2.74. The normalized spacial score (nSPS) is 14.0. The number of hydrogen-bond donors (Lipinski definition) is 0. The number of fused-ring (bicyclic) bond motifs is 1. The highest BCUT2D eigenvalue weighted by molar-refractivity contribution is 6.21. The molecule has 0 N–H and O–H groups in total. The van der Waals surface area contributed by atoms with Crippen LogP contribution >= 0.6 is 0 Å². The van der Waals surface area contributed by atoms with Crippen molar-refractivity contribution < 1.29 is 9.59 Å². The lowest BCUT2D eigenvalue weighted by atomic mass is 10.0. The zero-order chi connectivity index (χ0) is 15.9. The smallest absolute Gasteiger partial charge is 0.261 e. The Morgan fingerprint density at radius 1 is 0.818 bits per heavy atom. The first-order valence-corrected chi connectivity index (χ1v) is 8.56. The number of imide groups is 1. The van der Waals surface area contributed by atoms with Crippen LogP contribution in [0, 0.1) is 5.92 Å². The second-order valence-corrected chi connectivity index (χ2v) is 6.61. The molecule has 22 heavy (non-hydrogen) atoms. The minimum Gasteiger partial charge on any atom is -0.274 e. The Bertz CT molecular complexity index is 487. The molecule has 1 aromatic rings. The number of carbonyl (C=O) groups excluding carboxylic acids is 2. The van der Waals surface area contributed by atoms with Crippen LogP contribution in [0.15, 0.2) is 24.3 Å². The van der Waals surface area contributed by atoms with Gasteiger partial charge >= 0.3 is 0 Å². The van der Waals surface area contributed by atoms with Crippen LogP contribution in [-0.2, 0) is 0 Å². The van der Waals surface area contributed by atoms with Crippen LogP contribution in [-0.4, -0.2) is 23.3 Å². The summed E-state index contributed by atoms with van der Waals surface area (Å²) >= 11 is 0. The van der Waals surface area contributed by atoms with Crippen molar-refractivity contribution in [2.24, 2.45) is 5.92 Å². The summed E-state index contributed by atoms with van der Waals surface area (Å²) in [5.41, 5.74) is 1.11. The number of amides is 2. The van der Waals surface area contributed by atoms with E-state index in [4.69, 9.17) is 0 Å². The third-order valence-electron chi connectivity index (χ3n) is 4.29. The molecule has 0 saturated carbocycles. The molecule has 1 aromatic carbocycles. The Balaban J connectivity index is 1.65. The van der Waals surface area contributed by atoms with Crippen molar-refractivity contribution in [2.75, 3.05) is 6.54 Å². The van der Waals surface area contributed by atoms with Gasteiger partial charge in [-0.05, 0) is 24.5 Å². The summed E-state index contributed by atoms with van der Waals surface area (Å²) in [4.78, 5) is 25.8. The largest absolute Gasteiger partial charge is 0.274 e. The third-order valence-corrected chi connectivity index (χ3v) is 4.29. The zero-order valence-electron chi connectivity index (χ0n) is 13.8. The third kappa shape index (κ3) is 4.19. The van der Waals surface area contributed by atoms with Crippen LogP contribution < -0.4 is 0 Å². The second-order valence-electron chi connectivity index (χ2n) is 6.61. The topological polar surface area (TPSA) is 37.4 Å². The Morgan fingerprint density at radius 3 is 1.86 bits per heavy atom. The first kappa shape index (κ1) is 16.7. The monoisotopic (exact) mass is 301 g/mol. The van der Waals surface area contributed by atoms with Crippen molar-refractivity contribution in [3.8, 4) is 0 Å². The van der Waals surface area contributed by atoms with Gasteiger partial charge in [-0.15, -0.1) is 0 Å². The van der Waals surface area contributed by atoms with Crippen molar-refractivity contribution in [1.29, 1.82) is 0 Å². The molecule has 0 saturated heterocycles. The Morgan fingerprint density at radius 2 is 1.32 bits per heavy atom. The van der Waals surface area contributed by atoms with E-state index in [1.807, 2.05) is 12.1 Å². The van der Waals surface area contributed by atoms with Crippen LogP contribution in [0.2, 0.25) is 0 Å². The molecule has 3 heteroatoms. The van der Waals surface area contributed by atoms with Gasteiger partial charge in [-0.1, -0.05) is 64.5 Å². The van der Waals surface area contributed by atoms with Gasteiger partial charge in [0.1, 0.15) is 0 Å². The maximum absolute atomic E-state index is 12.2. The van der Waals surface area contributed by atoms with Gasteiger partial charge < -0.3 is 0 Å². The fourth-order valence-electron chi connectivity index (χ4n) is 2.97. The maximum atomic E-state index is 12.2. The molecule has 0 radical (unpaired) electrons. The molecule has 0 unspecified atom stereocenters. The summed E-state index contributed by atoms with van der Waals surface area (Å²) in [5.74, 6) is 0.545. The van der Waals surface area contributed by atoms with Crippen LogP contribution in [0.3, 0.4) is 0 Å². The number of nitrogens with zero attached hydrogens (tertiary/aromatic N) is 1. The summed E-state index contributed by atoms with van der Waals surface area (Å²) in [5, 5.41) is 0. The van der Waals surface area contributed by atoms with Crippen LogP contribution in [0.25, 0.3) is 0 Å². The summed E-state index contributed by atoms with van der Waals surface area (Å²) < 4.78 is 0. The molecular formula is C19H27NO2. The van der Waals surface area contributed by atoms with Crippen molar-refractivity contribution in [2.45, 2.75) is 58.8 Å². The number of unbranched alkanes of at least 4 members (excludes halogenated alkanes) is 5. The fourth-order valence-corrected chi connectivity index (χ4v) is 2.97. The lowest BCUT2D eigenvalue weighted by molar-refractivity contribution is 0.0651. The lowest BCUT2D eigenvalue weighted by Crippen LogP contribution is -2.30. The number of benzene rings is 1. The van der Waals surface area contributed by atoms with E-state index in [1.165, 1.54) is 37.0 Å². The van der Waals surface area contributed by atoms with E-state index >= 15 is 0 Å². The molecule has 0 atom stereocenters. The molecule has 0 fully saturated rings. The minimum atomic E-state index is -0.127. The number of hydrogen-bond acceptors (Lipinski definition) is 2. The summed E-state index contributed by atoms with van der Waals surface area (Å²) in [7, 11) is 0. The Kier molecular flexibility index (Phi) is 6.17. The lowest BCUT2D eigenvalue weighted by Gasteiger charge is -2.13. The second kappa shape index (κ2) is 8.11. The zero-order valence-corrected chi connectivity index (χ0v) is 13.8. The van der Waals surface area contributed by atoms with E-state index in [9.17, 15) is 9.59 Å². The molecule has 2 rings (SSSR count). The van der Waals surface area contributed by atoms with Gasteiger partial charge in [0.2, 0.25) is 0 Å². The summed E-state index contributed by atoms with van der Waals surface area (Å²) in [6, 6.07) is 7.10. The van der Waals surface area contributed by atoms with E-state index in [2.05, 4.69) is 13.8 Å². The van der Waals surface area contributed by atoms with Crippen LogP contribution in [0.1, 0.15) is 79.5 Å². The summed E-state index contributed by atoms with van der Waals surface area (Å²) in [6.07, 6.45) is 8.39. The van der Waals surface area contributed by atoms with Crippen molar-refractivity contribution >= 4 is 11.8 Å². The average molecular weight is 301 g/mol. The van der Waals surface area contributed by atoms with Gasteiger partial charge in [-0.25, -0.2) is 0 Å². The van der Waals surface area contributed by atoms with Crippen molar-refractivity contribution in [1.82, 2.24) is 4.90 Å². The van der Waals surface area contributed by atoms with Gasteiger partial charge in [-0.3, -0.25) is 14.5 Å². The summed E-state index contributed by atoms with van der Waals surface area (Å²) in [6.45, 7) is 5.09. The highest BCUT2D eigenvalue weighted by Gasteiger charge is 2.34. The molecule has 1 heterocycles. The number of carbonyl (C=O) groups is 2. The Labute approximate surface area is 133 Å². The van der Waals surface area contributed by atoms with Gasteiger partial charge in [0.25, 0.3) is 11.8 Å². The fraction of sp³-hybridized carbons (Fsp3) is 0.579. The molecule has 1 aliphatic rings.